The Morgan fingerprint density at radius 1 is 0.857 bits per heavy atom. The second-order valence-electron chi connectivity index (χ2n) is 5.05. The Morgan fingerprint density at radius 2 is 1.21 bits per heavy atom. The molecule has 2 unspecified atom stereocenters. The number of rotatable bonds is 9. The molecule has 1 aromatic carbocycles. The number of aliphatic hydroxyl groups excluding tert-OH is 4. The molecule has 6 N–H and O–H groups in total. The molecule has 2 amide bonds. The molecule has 9 heteroatoms. The average Bonchev–Trinajstić information content (AvgIpc) is 2.77. The summed E-state index contributed by atoms with van der Waals surface area (Å²) in [5.74, 6) is -1.26. The van der Waals surface area contributed by atoms with Gasteiger partial charge in [0.15, 0.2) is 0 Å². The van der Waals surface area contributed by atoms with Gasteiger partial charge in [-0.1, -0.05) is 27.7 Å². The minimum absolute atomic E-state index is 0.0256. The molecule has 0 heterocycles. The minimum Gasteiger partial charge on any atom is -0.394 e. The highest BCUT2D eigenvalue weighted by Crippen LogP contribution is 2.10. The first-order valence-electron chi connectivity index (χ1n) is 9.15. The summed E-state index contributed by atoms with van der Waals surface area (Å²) < 4.78 is 0. The molecule has 0 aromatic heterocycles. The highest BCUT2D eigenvalue weighted by Gasteiger charge is 2.14. The molecule has 28 heavy (non-hydrogen) atoms. The van der Waals surface area contributed by atoms with Crippen molar-refractivity contribution in [1.82, 2.24) is 10.6 Å². The number of benzene rings is 1. The van der Waals surface area contributed by atoms with Gasteiger partial charge < -0.3 is 31.1 Å². The largest absolute Gasteiger partial charge is 0.394 e. The van der Waals surface area contributed by atoms with Crippen LogP contribution in [0.3, 0.4) is 0 Å². The molecular formula is C19H32N2O7. The molecular weight excluding hydrogens is 368 g/mol. The molecule has 0 bridgehead atoms. The SMILES string of the molecule is CC.CC.O=Cc1cc(C(=O)NCC(O)CO)cc(C(=O)NCC(O)CO)c1. The van der Waals surface area contributed by atoms with Gasteiger partial charge in [0.05, 0.1) is 25.4 Å². The average molecular weight is 400 g/mol. The van der Waals surface area contributed by atoms with Crippen LogP contribution in [0.25, 0.3) is 0 Å². The van der Waals surface area contributed by atoms with E-state index in [-0.39, 0.29) is 29.8 Å². The predicted molar refractivity (Wildman–Crippen MR) is 105 cm³/mol. The molecule has 0 radical (unpaired) electrons. The predicted octanol–water partition coefficient (Wildman–Crippen LogP) is -0.282. The van der Waals surface area contributed by atoms with E-state index >= 15 is 0 Å². The maximum absolute atomic E-state index is 12.0. The normalized spacial score (nSPS) is 11.6. The number of aldehydes is 1. The van der Waals surface area contributed by atoms with Crippen molar-refractivity contribution in [3.63, 3.8) is 0 Å². The second kappa shape index (κ2) is 16.8. The Kier molecular flexibility index (Phi) is 16.7. The van der Waals surface area contributed by atoms with Gasteiger partial charge in [0.1, 0.15) is 6.29 Å². The van der Waals surface area contributed by atoms with Crippen LogP contribution in [-0.2, 0) is 0 Å². The van der Waals surface area contributed by atoms with Crippen LogP contribution in [0.1, 0.15) is 58.8 Å². The summed E-state index contributed by atoms with van der Waals surface area (Å²) in [5, 5.41) is 40.5. The van der Waals surface area contributed by atoms with Gasteiger partial charge in [0.2, 0.25) is 0 Å². The maximum atomic E-state index is 12.0. The van der Waals surface area contributed by atoms with Gasteiger partial charge in [-0.15, -0.1) is 0 Å². The molecule has 0 aliphatic rings. The Morgan fingerprint density at radius 3 is 1.50 bits per heavy atom. The number of amides is 2. The molecule has 0 fully saturated rings. The van der Waals surface area contributed by atoms with E-state index in [0.717, 1.165) is 0 Å². The fourth-order valence-electron chi connectivity index (χ4n) is 1.74. The van der Waals surface area contributed by atoms with E-state index in [1.807, 2.05) is 27.7 Å². The summed E-state index contributed by atoms with van der Waals surface area (Å²) in [4.78, 5) is 35.0. The van der Waals surface area contributed by atoms with Crippen LogP contribution in [0.2, 0.25) is 0 Å². The van der Waals surface area contributed by atoms with Crippen molar-refractivity contribution in [3.05, 3.63) is 34.9 Å². The number of hydrogen-bond acceptors (Lipinski definition) is 7. The van der Waals surface area contributed by atoms with E-state index in [9.17, 15) is 24.6 Å². The summed E-state index contributed by atoms with van der Waals surface area (Å²) >= 11 is 0. The number of hydrogen-bond donors (Lipinski definition) is 6. The highest BCUT2D eigenvalue weighted by molar-refractivity contribution is 6.01. The zero-order valence-electron chi connectivity index (χ0n) is 16.8. The molecule has 0 saturated heterocycles. The van der Waals surface area contributed by atoms with Crippen molar-refractivity contribution >= 4 is 18.1 Å². The second-order valence-corrected chi connectivity index (χ2v) is 5.05. The lowest BCUT2D eigenvalue weighted by atomic mass is 10.0. The third-order valence-electron chi connectivity index (χ3n) is 3.03. The first kappa shape index (κ1) is 27.9. The van der Waals surface area contributed by atoms with Crippen molar-refractivity contribution < 1.29 is 34.8 Å². The zero-order valence-corrected chi connectivity index (χ0v) is 16.8. The molecule has 0 aliphatic carbocycles. The van der Waals surface area contributed by atoms with E-state index in [1.54, 1.807) is 0 Å². The Hall–Kier alpha value is -2.33. The van der Waals surface area contributed by atoms with Crippen molar-refractivity contribution in [3.8, 4) is 0 Å². The lowest BCUT2D eigenvalue weighted by molar-refractivity contribution is 0.0800. The third kappa shape index (κ3) is 10.7. The number of carbonyl (C=O) groups is 3. The summed E-state index contributed by atoms with van der Waals surface area (Å²) in [5.41, 5.74) is 0.147. The van der Waals surface area contributed by atoms with E-state index in [2.05, 4.69) is 10.6 Å². The Labute approximate surface area is 165 Å². The first-order chi connectivity index (χ1) is 13.4. The van der Waals surface area contributed by atoms with Gasteiger partial charge in [-0.2, -0.15) is 0 Å². The van der Waals surface area contributed by atoms with E-state index in [0.29, 0.717) is 6.29 Å². The van der Waals surface area contributed by atoms with Gasteiger partial charge in [-0.3, -0.25) is 14.4 Å². The Balaban J connectivity index is 0. The molecule has 2 atom stereocenters. The van der Waals surface area contributed by atoms with Gasteiger partial charge in [-0.05, 0) is 18.2 Å². The van der Waals surface area contributed by atoms with E-state index in [1.165, 1.54) is 18.2 Å². The lowest BCUT2D eigenvalue weighted by Crippen LogP contribution is -2.35. The lowest BCUT2D eigenvalue weighted by Gasteiger charge is -2.12. The molecule has 9 nitrogen and oxygen atoms in total. The smallest absolute Gasteiger partial charge is 0.251 e. The molecule has 1 rings (SSSR count). The highest BCUT2D eigenvalue weighted by atomic mass is 16.3. The van der Waals surface area contributed by atoms with Crippen LogP contribution in [-0.4, -0.2) is 77.0 Å². The monoisotopic (exact) mass is 400 g/mol. The maximum Gasteiger partial charge on any atom is 0.251 e. The van der Waals surface area contributed by atoms with Gasteiger partial charge in [-0.25, -0.2) is 0 Å². The van der Waals surface area contributed by atoms with Gasteiger partial charge in [0, 0.05) is 29.8 Å². The fraction of sp³-hybridized carbons (Fsp3) is 0.526. The molecule has 0 spiro atoms. The summed E-state index contributed by atoms with van der Waals surface area (Å²) in [6, 6.07) is 3.79. The van der Waals surface area contributed by atoms with Crippen LogP contribution in [0.15, 0.2) is 18.2 Å². The topological polar surface area (TPSA) is 156 Å². The molecule has 0 saturated carbocycles. The molecule has 160 valence electrons. The zero-order chi connectivity index (χ0) is 22.1. The van der Waals surface area contributed by atoms with Gasteiger partial charge >= 0.3 is 0 Å². The van der Waals surface area contributed by atoms with Crippen LogP contribution < -0.4 is 10.6 Å². The number of nitrogens with one attached hydrogen (secondary N) is 2. The van der Waals surface area contributed by atoms with Crippen molar-refractivity contribution in [2.24, 2.45) is 0 Å². The quantitative estimate of drug-likeness (QED) is 0.311. The molecule has 0 aliphatic heterocycles. The van der Waals surface area contributed by atoms with Crippen LogP contribution in [0.5, 0.6) is 0 Å². The summed E-state index contributed by atoms with van der Waals surface area (Å²) in [6.45, 7) is 6.58. The van der Waals surface area contributed by atoms with Crippen molar-refractivity contribution in [1.29, 1.82) is 0 Å². The summed E-state index contributed by atoms with van der Waals surface area (Å²) in [6.07, 6.45) is -1.77. The standard InChI is InChI=1S/C15H20N2O7.2C2H6/c18-6-9-1-10(14(23)16-4-12(21)7-19)3-11(2-9)15(24)17-5-13(22)8-20;2*1-2/h1-3,6,12-13,19-22H,4-5,7-8H2,(H,16,23)(H,17,24);2*1-2H3. The van der Waals surface area contributed by atoms with Crippen LogP contribution in [0.4, 0.5) is 0 Å². The molecule has 1 aromatic rings. The Bertz CT molecular complexity index is 549. The van der Waals surface area contributed by atoms with E-state index in [4.69, 9.17) is 10.2 Å². The third-order valence-corrected chi connectivity index (χ3v) is 3.03. The van der Waals surface area contributed by atoms with Crippen molar-refractivity contribution in [2.45, 2.75) is 39.9 Å². The van der Waals surface area contributed by atoms with Crippen LogP contribution in [0, 0.1) is 0 Å². The van der Waals surface area contributed by atoms with Gasteiger partial charge in [0.25, 0.3) is 11.8 Å². The van der Waals surface area contributed by atoms with Crippen LogP contribution >= 0.6 is 0 Å². The summed E-state index contributed by atoms with van der Waals surface area (Å²) in [7, 11) is 0. The fourth-order valence-corrected chi connectivity index (χ4v) is 1.74. The minimum atomic E-state index is -1.12. The van der Waals surface area contributed by atoms with E-state index < -0.39 is 37.2 Å². The first-order valence-corrected chi connectivity index (χ1v) is 9.15. The number of aliphatic hydroxyl groups is 4. The number of carbonyl (C=O) groups excluding carboxylic acids is 3. The van der Waals surface area contributed by atoms with Crippen molar-refractivity contribution in [2.75, 3.05) is 26.3 Å².